The average Bonchev–Trinajstić information content (AvgIpc) is 3.41. The first-order valence-corrected chi connectivity index (χ1v) is 10.3. The summed E-state index contributed by atoms with van der Waals surface area (Å²) < 4.78 is 28.1. The van der Waals surface area contributed by atoms with E-state index in [1.165, 1.54) is 5.56 Å². The van der Waals surface area contributed by atoms with Gasteiger partial charge in [0.05, 0.1) is 4.90 Å². The maximum atomic E-state index is 12.6. The van der Waals surface area contributed by atoms with Gasteiger partial charge in [0.25, 0.3) is 0 Å². The molecule has 1 saturated carbocycles. The summed E-state index contributed by atoms with van der Waals surface area (Å²) in [5.74, 6) is 0.263. The largest absolute Gasteiger partial charge is 0.240 e. The quantitative estimate of drug-likeness (QED) is 0.685. The smallest absolute Gasteiger partial charge is 0.207 e. The lowest BCUT2D eigenvalue weighted by molar-refractivity contribution is 0.580. The van der Waals surface area contributed by atoms with Crippen LogP contribution in [0.15, 0.2) is 83.8 Å². The van der Waals surface area contributed by atoms with E-state index in [4.69, 9.17) is 11.6 Å². The highest BCUT2D eigenvalue weighted by Gasteiger charge is 2.41. The highest BCUT2D eigenvalue weighted by atomic mass is 35.5. The SMILES string of the molecule is O=S(=O)(N[C@H]1C[C@@H]1c1ccccc1)c1ccc(-c2ccc(Cl)cc2)cc1. The van der Waals surface area contributed by atoms with Gasteiger partial charge in [-0.05, 0) is 47.4 Å². The van der Waals surface area contributed by atoms with Crippen molar-refractivity contribution in [2.45, 2.75) is 23.3 Å². The molecule has 3 aromatic rings. The summed E-state index contributed by atoms with van der Waals surface area (Å²) >= 11 is 5.91. The van der Waals surface area contributed by atoms with Crippen molar-refractivity contribution in [3.05, 3.63) is 89.4 Å². The summed E-state index contributed by atoms with van der Waals surface area (Å²) in [6.45, 7) is 0. The highest BCUT2D eigenvalue weighted by molar-refractivity contribution is 7.89. The second-order valence-electron chi connectivity index (χ2n) is 6.51. The minimum absolute atomic E-state index is 0.0293. The molecular formula is C21H18ClNO2S. The third-order valence-corrected chi connectivity index (χ3v) is 6.42. The first-order valence-electron chi connectivity index (χ1n) is 8.46. The lowest BCUT2D eigenvalue weighted by Gasteiger charge is -2.08. The van der Waals surface area contributed by atoms with E-state index in [2.05, 4.69) is 4.72 Å². The Morgan fingerprint density at radius 2 is 1.38 bits per heavy atom. The van der Waals surface area contributed by atoms with Gasteiger partial charge in [0, 0.05) is 17.0 Å². The molecule has 1 N–H and O–H groups in total. The molecule has 1 aliphatic carbocycles. The number of rotatable bonds is 5. The normalized spacial score (nSPS) is 19.3. The fourth-order valence-electron chi connectivity index (χ4n) is 3.13. The Bertz CT molecular complexity index is 1000. The summed E-state index contributed by atoms with van der Waals surface area (Å²) in [4.78, 5) is 0.286. The molecule has 0 saturated heterocycles. The third kappa shape index (κ3) is 3.68. The van der Waals surface area contributed by atoms with Crippen LogP contribution in [0.5, 0.6) is 0 Å². The molecule has 4 rings (SSSR count). The zero-order valence-electron chi connectivity index (χ0n) is 14.0. The maximum Gasteiger partial charge on any atom is 0.240 e. The average molecular weight is 384 g/mol. The third-order valence-electron chi connectivity index (χ3n) is 4.67. The van der Waals surface area contributed by atoms with Gasteiger partial charge in [-0.2, -0.15) is 0 Å². The lowest BCUT2D eigenvalue weighted by Crippen LogP contribution is -2.26. The summed E-state index contributed by atoms with van der Waals surface area (Å²) in [5, 5.41) is 0.676. The van der Waals surface area contributed by atoms with Gasteiger partial charge < -0.3 is 0 Å². The van der Waals surface area contributed by atoms with Gasteiger partial charge in [0.15, 0.2) is 0 Å². The standard InChI is InChI=1S/C21H18ClNO2S/c22-18-10-6-15(7-11-18)16-8-12-19(13-9-16)26(24,25)23-21-14-20(21)17-4-2-1-3-5-17/h1-13,20-21,23H,14H2/t20-,21+/m1/s1. The summed E-state index contributed by atoms with van der Waals surface area (Å²) in [7, 11) is -3.51. The van der Waals surface area contributed by atoms with E-state index in [9.17, 15) is 8.42 Å². The molecule has 1 fully saturated rings. The summed E-state index contributed by atoms with van der Waals surface area (Å²) in [6.07, 6.45) is 0.839. The molecule has 3 nitrogen and oxygen atoms in total. The van der Waals surface area contributed by atoms with E-state index in [0.717, 1.165) is 17.5 Å². The molecule has 0 spiro atoms. The topological polar surface area (TPSA) is 46.2 Å². The lowest BCUT2D eigenvalue weighted by atomic mass is 10.1. The van der Waals surface area contributed by atoms with Crippen LogP contribution in [0.1, 0.15) is 17.9 Å². The van der Waals surface area contributed by atoms with Gasteiger partial charge in [0.1, 0.15) is 0 Å². The van der Waals surface area contributed by atoms with Crippen molar-refractivity contribution in [3.63, 3.8) is 0 Å². The van der Waals surface area contributed by atoms with Crippen LogP contribution in [-0.2, 0) is 10.0 Å². The fraction of sp³-hybridized carbons (Fsp3) is 0.143. The van der Waals surface area contributed by atoms with Crippen molar-refractivity contribution in [3.8, 4) is 11.1 Å². The van der Waals surface area contributed by atoms with Crippen LogP contribution in [0, 0.1) is 0 Å². The molecule has 5 heteroatoms. The van der Waals surface area contributed by atoms with Gasteiger partial charge >= 0.3 is 0 Å². The Balaban J connectivity index is 1.47. The number of benzene rings is 3. The van der Waals surface area contributed by atoms with Gasteiger partial charge in [-0.15, -0.1) is 0 Å². The van der Waals surface area contributed by atoms with E-state index >= 15 is 0 Å². The molecule has 26 heavy (non-hydrogen) atoms. The van der Waals surface area contributed by atoms with Crippen LogP contribution in [0.4, 0.5) is 0 Å². The molecule has 0 unspecified atom stereocenters. The zero-order chi connectivity index (χ0) is 18.1. The van der Waals surface area contributed by atoms with Gasteiger partial charge in [0.2, 0.25) is 10.0 Å². The molecule has 0 aliphatic heterocycles. The Morgan fingerprint density at radius 1 is 0.808 bits per heavy atom. The number of hydrogen-bond donors (Lipinski definition) is 1. The Morgan fingerprint density at radius 3 is 2.00 bits per heavy atom. The monoisotopic (exact) mass is 383 g/mol. The van der Waals surface area contributed by atoms with Gasteiger partial charge in [-0.25, -0.2) is 13.1 Å². The van der Waals surface area contributed by atoms with Crippen molar-refractivity contribution in [1.82, 2.24) is 4.72 Å². The Kier molecular flexibility index (Phi) is 4.57. The minimum Gasteiger partial charge on any atom is -0.207 e. The van der Waals surface area contributed by atoms with Crippen molar-refractivity contribution < 1.29 is 8.42 Å². The predicted octanol–water partition coefficient (Wildman–Crippen LogP) is 4.84. The van der Waals surface area contributed by atoms with Crippen molar-refractivity contribution in [1.29, 1.82) is 0 Å². The Labute approximate surface area is 158 Å². The number of nitrogens with one attached hydrogen (secondary N) is 1. The molecular weight excluding hydrogens is 366 g/mol. The number of hydrogen-bond acceptors (Lipinski definition) is 2. The van der Waals surface area contributed by atoms with Gasteiger partial charge in [-0.1, -0.05) is 66.2 Å². The molecule has 3 aromatic carbocycles. The highest BCUT2D eigenvalue weighted by Crippen LogP contribution is 2.41. The van der Waals surface area contributed by atoms with Crippen molar-refractivity contribution >= 4 is 21.6 Å². The molecule has 0 heterocycles. The molecule has 0 bridgehead atoms. The Hall–Kier alpha value is -2.14. The minimum atomic E-state index is -3.51. The number of sulfonamides is 1. The summed E-state index contributed by atoms with van der Waals surface area (Å²) in [6, 6.07) is 24.4. The predicted molar refractivity (Wildman–Crippen MR) is 105 cm³/mol. The summed E-state index contributed by atoms with van der Waals surface area (Å²) in [5.41, 5.74) is 3.13. The molecule has 0 amide bonds. The van der Waals surface area contributed by atoms with Crippen LogP contribution in [0.2, 0.25) is 5.02 Å². The van der Waals surface area contributed by atoms with E-state index < -0.39 is 10.0 Å². The van der Waals surface area contributed by atoms with Crippen LogP contribution < -0.4 is 4.72 Å². The van der Waals surface area contributed by atoms with E-state index in [0.29, 0.717) is 5.02 Å². The fourth-order valence-corrected chi connectivity index (χ4v) is 4.55. The molecule has 0 aromatic heterocycles. The van der Waals surface area contributed by atoms with Crippen LogP contribution >= 0.6 is 11.6 Å². The van der Waals surface area contributed by atoms with Crippen LogP contribution in [0.3, 0.4) is 0 Å². The molecule has 0 radical (unpaired) electrons. The van der Waals surface area contributed by atoms with Crippen molar-refractivity contribution in [2.24, 2.45) is 0 Å². The van der Waals surface area contributed by atoms with Crippen molar-refractivity contribution in [2.75, 3.05) is 0 Å². The van der Waals surface area contributed by atoms with Crippen LogP contribution in [-0.4, -0.2) is 14.5 Å². The second kappa shape index (κ2) is 6.88. The molecule has 132 valence electrons. The maximum absolute atomic E-state index is 12.6. The number of halogens is 1. The van der Waals surface area contributed by atoms with E-state index in [-0.39, 0.29) is 16.9 Å². The van der Waals surface area contributed by atoms with E-state index in [1.807, 2.05) is 66.7 Å². The van der Waals surface area contributed by atoms with E-state index in [1.54, 1.807) is 12.1 Å². The molecule has 2 atom stereocenters. The first-order chi connectivity index (χ1) is 12.5. The van der Waals surface area contributed by atoms with Gasteiger partial charge in [-0.3, -0.25) is 0 Å². The molecule has 1 aliphatic rings. The first kappa shape index (κ1) is 17.3. The second-order valence-corrected chi connectivity index (χ2v) is 8.66. The van der Waals surface area contributed by atoms with Crippen LogP contribution in [0.25, 0.3) is 11.1 Å². The zero-order valence-corrected chi connectivity index (χ0v) is 15.5.